The van der Waals surface area contributed by atoms with Crippen LogP contribution >= 0.6 is 0 Å². The Bertz CT molecular complexity index is 3590. The van der Waals surface area contributed by atoms with Crippen molar-refractivity contribution in [3.63, 3.8) is 0 Å². The summed E-state index contributed by atoms with van der Waals surface area (Å²) in [5, 5.41) is -0.751. The quantitative estimate of drug-likeness (QED) is 0.207. The second-order valence-electron chi connectivity index (χ2n) is 9.24. The molecular weight excluding hydrogens is 540 g/mol. The van der Waals surface area contributed by atoms with Crippen LogP contribution in [0.25, 0.3) is 78.0 Å². The third kappa shape index (κ3) is 3.68. The third-order valence-electron chi connectivity index (χ3n) is 6.89. The van der Waals surface area contributed by atoms with Gasteiger partial charge in [0, 0.05) is 45.1 Å². The third-order valence-corrected chi connectivity index (χ3v) is 6.89. The number of para-hydroxylation sites is 4. The highest BCUT2D eigenvalue weighted by molar-refractivity contribution is 6.10. The molecule has 5 aromatic carbocycles. The molecule has 0 radical (unpaired) electrons. The van der Waals surface area contributed by atoms with E-state index < -0.39 is 183 Å². The summed E-state index contributed by atoms with van der Waals surface area (Å²) in [4.78, 5) is 17.6. The Morgan fingerprint density at radius 3 is 1.77 bits per heavy atom. The Balaban J connectivity index is 1.56. The molecule has 9 aromatic rings. The van der Waals surface area contributed by atoms with E-state index in [1.165, 1.54) is 18.5 Å². The van der Waals surface area contributed by atoms with Crippen LogP contribution in [0.4, 0.5) is 0 Å². The lowest BCUT2D eigenvalue weighted by atomic mass is 10.1. The SMILES string of the molecule is [2H]c1c([2H])c([2H])c(-c2nc(-c3c([2H])c([2H])c([2H])c([2H])c3-n3c4ccncc4c4c([2H])c([2H])c([2H])c([2H])c43)nc(-n3c4c([2H])c([2H])c([2H])c([2H])c4c4c([2H])c([2H])c([2H])c([2H])c43)n2)c([2H])c1[2H]. The van der Waals surface area contributed by atoms with Gasteiger partial charge in [-0.05, 0) is 36.3 Å². The molecule has 0 spiro atoms. The molecule has 0 N–H and O–H groups in total. The molecular formula is C38H24N6. The van der Waals surface area contributed by atoms with Crippen molar-refractivity contribution in [3.8, 4) is 34.4 Å². The van der Waals surface area contributed by atoms with Gasteiger partial charge < -0.3 is 4.57 Å². The number of fused-ring (bicyclic) bond motifs is 6. The van der Waals surface area contributed by atoms with Gasteiger partial charge in [0.1, 0.15) is 0 Å². The zero-order valence-electron chi connectivity index (χ0n) is 42.9. The monoisotopic (exact) mass is 585 g/mol. The van der Waals surface area contributed by atoms with E-state index in [4.69, 9.17) is 26.0 Å². The average molecular weight is 586 g/mol. The molecule has 0 aliphatic heterocycles. The number of hydrogen-bond donors (Lipinski definition) is 0. The Hall–Kier alpha value is -6.14. The predicted octanol–water partition coefficient (Wildman–Crippen LogP) is 8.79. The minimum absolute atomic E-state index is 0.0720. The summed E-state index contributed by atoms with van der Waals surface area (Å²) in [6, 6.07) is -14.8. The molecule has 0 saturated carbocycles. The van der Waals surface area contributed by atoms with E-state index in [0.29, 0.717) is 0 Å². The van der Waals surface area contributed by atoms with Gasteiger partial charge >= 0.3 is 0 Å². The molecule has 0 saturated heterocycles. The van der Waals surface area contributed by atoms with Crippen molar-refractivity contribution < 1.29 is 28.8 Å². The molecule has 4 aromatic heterocycles. The Morgan fingerprint density at radius 2 is 1.05 bits per heavy atom. The van der Waals surface area contributed by atoms with Crippen LogP contribution < -0.4 is 0 Å². The van der Waals surface area contributed by atoms with Crippen LogP contribution in [-0.4, -0.2) is 29.1 Å². The molecule has 0 bridgehead atoms. The summed E-state index contributed by atoms with van der Waals surface area (Å²) in [5.74, 6) is -2.27. The maximum Gasteiger partial charge on any atom is 0.238 e. The minimum Gasteiger partial charge on any atom is -0.308 e. The van der Waals surface area contributed by atoms with Crippen molar-refractivity contribution in [2.24, 2.45) is 0 Å². The molecule has 0 aliphatic carbocycles. The molecule has 0 fully saturated rings. The van der Waals surface area contributed by atoms with Gasteiger partial charge in [0.15, 0.2) is 11.6 Å². The Kier molecular flexibility index (Phi) is 2.54. The molecule has 0 amide bonds. The lowest BCUT2D eigenvalue weighted by Gasteiger charge is -2.15. The van der Waals surface area contributed by atoms with Crippen molar-refractivity contribution in [2.75, 3.05) is 0 Å². The van der Waals surface area contributed by atoms with Gasteiger partial charge in [-0.15, -0.1) is 0 Å². The number of nitrogens with zero attached hydrogens (tertiary/aromatic N) is 6. The van der Waals surface area contributed by atoms with Gasteiger partial charge in [0.05, 0.1) is 56.5 Å². The topological polar surface area (TPSA) is 61.4 Å². The van der Waals surface area contributed by atoms with Crippen LogP contribution in [0, 0.1) is 0 Å². The van der Waals surface area contributed by atoms with Gasteiger partial charge in [0.25, 0.3) is 0 Å². The first kappa shape index (κ1) is 11.5. The zero-order valence-corrected chi connectivity index (χ0v) is 21.9. The summed E-state index contributed by atoms with van der Waals surface area (Å²) < 4.78 is 186. The van der Waals surface area contributed by atoms with E-state index in [9.17, 15) is 2.74 Å². The van der Waals surface area contributed by atoms with Crippen molar-refractivity contribution in [3.05, 3.63) is 145 Å². The normalized spacial score (nSPS) is 18.3. The van der Waals surface area contributed by atoms with Crippen molar-refractivity contribution in [1.29, 1.82) is 0 Å². The molecule has 6 heteroatoms. The van der Waals surface area contributed by atoms with Crippen LogP contribution in [0.15, 0.2) is 145 Å². The first-order valence-electron chi connectivity index (χ1n) is 23.4. The van der Waals surface area contributed by atoms with Crippen molar-refractivity contribution in [2.45, 2.75) is 0 Å². The largest absolute Gasteiger partial charge is 0.308 e. The Labute approximate surface area is 282 Å². The summed E-state index contributed by atoms with van der Waals surface area (Å²) in [6.07, 6.45) is 2.60. The second kappa shape index (κ2) is 9.71. The first-order chi connectivity index (χ1) is 30.6. The highest BCUT2D eigenvalue weighted by Gasteiger charge is 2.20. The van der Waals surface area contributed by atoms with Crippen molar-refractivity contribution >= 4 is 43.6 Å². The smallest absolute Gasteiger partial charge is 0.238 e. The van der Waals surface area contributed by atoms with Gasteiger partial charge in [-0.2, -0.15) is 9.97 Å². The summed E-state index contributed by atoms with van der Waals surface area (Å²) in [7, 11) is 0. The maximum atomic E-state index is 9.36. The molecule has 4 heterocycles. The fourth-order valence-corrected chi connectivity index (χ4v) is 5.10. The van der Waals surface area contributed by atoms with E-state index in [-0.39, 0.29) is 21.8 Å². The van der Waals surface area contributed by atoms with Crippen LogP contribution in [0.2, 0.25) is 0 Å². The molecule has 44 heavy (non-hydrogen) atoms. The number of rotatable bonds is 4. The Morgan fingerprint density at radius 1 is 0.477 bits per heavy atom. The number of pyridine rings is 1. The van der Waals surface area contributed by atoms with E-state index >= 15 is 0 Å². The van der Waals surface area contributed by atoms with E-state index in [1.807, 2.05) is 0 Å². The molecule has 0 unspecified atom stereocenters. The molecule has 206 valence electrons. The van der Waals surface area contributed by atoms with Gasteiger partial charge in [-0.1, -0.05) is 96.7 Å². The predicted molar refractivity (Wildman–Crippen MR) is 177 cm³/mol. The average Bonchev–Trinajstić information content (AvgIpc) is 3.84. The van der Waals surface area contributed by atoms with Crippen molar-refractivity contribution in [1.82, 2.24) is 29.1 Å². The fourth-order valence-electron chi connectivity index (χ4n) is 5.10. The maximum absolute atomic E-state index is 9.36. The fraction of sp³-hybridized carbons (Fsp3) is 0. The van der Waals surface area contributed by atoms with Crippen LogP contribution in [0.1, 0.15) is 28.8 Å². The van der Waals surface area contributed by atoms with Crippen LogP contribution in [0.5, 0.6) is 0 Å². The zero-order chi connectivity index (χ0) is 47.3. The van der Waals surface area contributed by atoms with E-state index in [1.54, 1.807) is 0 Å². The molecule has 6 nitrogen and oxygen atoms in total. The van der Waals surface area contributed by atoms with Crippen LogP contribution in [-0.2, 0) is 0 Å². The summed E-state index contributed by atoms with van der Waals surface area (Å²) in [5.41, 5.74) is -2.98. The first-order valence-corrected chi connectivity index (χ1v) is 12.9. The van der Waals surface area contributed by atoms with Gasteiger partial charge in [0.2, 0.25) is 5.95 Å². The highest BCUT2D eigenvalue weighted by Crippen LogP contribution is 2.36. The minimum atomic E-state index is -0.871. The summed E-state index contributed by atoms with van der Waals surface area (Å²) in [6.45, 7) is 0. The standard InChI is InChI=1S/C38H24N6/c1-2-12-25(13-3-1)36-40-37(42-38(41-36)44-32-19-9-4-14-26(32)27-15-5-10-20-33(27)44)29-17-7-11-21-34(29)43-31-18-8-6-16-28(31)30-24-39-23-22-35(30)43/h1-24H/i1D,2D,3D,4D,5D,6D,7D,8D,9D,10D,11D,12D,13D,14D,15D,16D,17D,18D,19D,20D,21D. The molecule has 0 aliphatic rings. The van der Waals surface area contributed by atoms with Crippen LogP contribution in [0.3, 0.4) is 0 Å². The van der Waals surface area contributed by atoms with Gasteiger partial charge in [-0.25, -0.2) is 4.98 Å². The van der Waals surface area contributed by atoms with E-state index in [2.05, 4.69) is 19.9 Å². The van der Waals surface area contributed by atoms with Gasteiger partial charge in [-0.3, -0.25) is 9.55 Å². The number of benzene rings is 5. The van der Waals surface area contributed by atoms with E-state index in [0.717, 1.165) is 9.13 Å². The number of aromatic nitrogens is 6. The number of hydrogen-bond acceptors (Lipinski definition) is 4. The lowest BCUT2D eigenvalue weighted by molar-refractivity contribution is 0.951. The lowest BCUT2D eigenvalue weighted by Crippen LogP contribution is -2.07. The molecule has 0 atom stereocenters. The molecule has 9 rings (SSSR count). The highest BCUT2D eigenvalue weighted by atomic mass is 15.2. The summed E-state index contributed by atoms with van der Waals surface area (Å²) >= 11 is 0. The second-order valence-corrected chi connectivity index (χ2v) is 9.24.